The molecule has 0 aliphatic carbocycles. The van der Waals surface area contributed by atoms with Crippen LogP contribution in [0.25, 0.3) is 0 Å². The highest BCUT2D eigenvalue weighted by atomic mass is 79.9. The molecule has 2 rings (SSSR count). The molecule has 0 unspecified atom stereocenters. The molecule has 2 aromatic rings. The Hall–Kier alpha value is -1.63. The molecular weight excluding hydrogens is 262 g/mol. The summed E-state index contributed by atoms with van der Waals surface area (Å²) in [5.41, 5.74) is 0.334. The van der Waals surface area contributed by atoms with Gasteiger partial charge in [0.05, 0.1) is 0 Å². The van der Waals surface area contributed by atoms with Crippen LogP contribution in [0.4, 0.5) is 0 Å². The van der Waals surface area contributed by atoms with Gasteiger partial charge in [-0.25, -0.2) is 14.6 Å². The summed E-state index contributed by atoms with van der Waals surface area (Å²) in [7, 11) is 1.63. The van der Waals surface area contributed by atoms with E-state index in [9.17, 15) is 4.79 Å². The van der Waals surface area contributed by atoms with Crippen molar-refractivity contribution in [2.45, 2.75) is 0 Å². The maximum atomic E-state index is 11.9. The van der Waals surface area contributed by atoms with Crippen molar-refractivity contribution < 1.29 is 4.79 Å². The first-order valence-corrected chi connectivity index (χ1v) is 4.86. The van der Waals surface area contributed by atoms with Gasteiger partial charge in [-0.3, -0.25) is 4.79 Å². The highest BCUT2D eigenvalue weighted by Crippen LogP contribution is 2.14. The number of rotatable bonds is 2. The third-order valence-electron chi connectivity index (χ3n) is 1.77. The third kappa shape index (κ3) is 1.78. The number of carbonyl (C=O) groups excluding carboxylic acids is 1. The van der Waals surface area contributed by atoms with Gasteiger partial charge >= 0.3 is 0 Å². The van der Waals surface area contributed by atoms with Crippen LogP contribution in [-0.2, 0) is 7.05 Å². The molecule has 0 amide bonds. The van der Waals surface area contributed by atoms with E-state index in [-0.39, 0.29) is 11.6 Å². The fourth-order valence-corrected chi connectivity index (χ4v) is 1.60. The average molecular weight is 268 g/mol. The van der Waals surface area contributed by atoms with E-state index < -0.39 is 0 Å². The minimum Gasteiger partial charge on any atom is -0.283 e. The van der Waals surface area contributed by atoms with Crippen LogP contribution in [0.2, 0.25) is 0 Å². The van der Waals surface area contributed by atoms with Crippen LogP contribution < -0.4 is 0 Å². The smallest absolute Gasteiger partial charge is 0.251 e. The van der Waals surface area contributed by atoms with Crippen LogP contribution in [0.1, 0.15) is 16.3 Å². The zero-order valence-electron chi connectivity index (χ0n) is 7.75. The van der Waals surface area contributed by atoms with E-state index in [0.717, 1.165) is 0 Å². The van der Waals surface area contributed by atoms with Crippen molar-refractivity contribution in [2.24, 2.45) is 7.05 Å². The van der Waals surface area contributed by atoms with Gasteiger partial charge in [-0.15, -0.1) is 5.10 Å². The van der Waals surface area contributed by atoms with Crippen molar-refractivity contribution in [3.05, 3.63) is 34.6 Å². The number of aromatic nitrogens is 5. The summed E-state index contributed by atoms with van der Waals surface area (Å²) in [6, 6.07) is 1.65. The molecule has 0 aromatic carbocycles. The van der Waals surface area contributed by atoms with Crippen molar-refractivity contribution in [1.29, 1.82) is 0 Å². The molecule has 0 N–H and O–H groups in total. The highest BCUT2D eigenvalue weighted by molar-refractivity contribution is 9.10. The SMILES string of the molecule is Cn1nnc(Br)c1C(=O)c1ncccn1. The number of nitrogens with zero attached hydrogens (tertiary/aromatic N) is 5. The Labute approximate surface area is 93.5 Å². The fraction of sp³-hybridized carbons (Fsp3) is 0.125. The lowest BCUT2D eigenvalue weighted by atomic mass is 10.3. The van der Waals surface area contributed by atoms with Gasteiger partial charge in [-0.1, -0.05) is 5.21 Å². The van der Waals surface area contributed by atoms with Gasteiger partial charge in [0.2, 0.25) is 5.82 Å². The van der Waals surface area contributed by atoms with Crippen LogP contribution in [0, 0.1) is 0 Å². The monoisotopic (exact) mass is 267 g/mol. The number of hydrogen-bond acceptors (Lipinski definition) is 5. The Kier molecular flexibility index (Phi) is 2.55. The molecule has 0 radical (unpaired) electrons. The van der Waals surface area contributed by atoms with Crippen molar-refractivity contribution in [3.8, 4) is 0 Å². The standard InChI is InChI=1S/C8H6BrN5O/c1-14-5(7(9)12-13-14)6(15)8-10-3-2-4-11-8/h2-4H,1H3. The molecule has 6 nitrogen and oxygen atoms in total. The van der Waals surface area contributed by atoms with Gasteiger partial charge in [-0.2, -0.15) is 0 Å². The van der Waals surface area contributed by atoms with Crippen LogP contribution in [0.5, 0.6) is 0 Å². The lowest BCUT2D eigenvalue weighted by molar-refractivity contribution is 0.102. The third-order valence-corrected chi connectivity index (χ3v) is 2.30. The first-order chi connectivity index (χ1) is 7.20. The molecule has 0 spiro atoms. The predicted octanol–water partition coefficient (Wildman–Crippen LogP) is 0.599. The second-order valence-electron chi connectivity index (χ2n) is 2.75. The molecule has 0 fully saturated rings. The first kappa shape index (κ1) is 9.91. The number of carbonyl (C=O) groups is 1. The van der Waals surface area contributed by atoms with Gasteiger partial charge in [0.25, 0.3) is 5.78 Å². The molecule has 2 heterocycles. The van der Waals surface area contributed by atoms with Crippen LogP contribution in [-0.4, -0.2) is 30.7 Å². The molecule has 7 heteroatoms. The molecule has 0 atom stereocenters. The summed E-state index contributed by atoms with van der Waals surface area (Å²) in [5.74, 6) is -0.182. The predicted molar refractivity (Wildman–Crippen MR) is 54.2 cm³/mol. The molecule has 76 valence electrons. The highest BCUT2D eigenvalue weighted by Gasteiger charge is 2.20. The molecular formula is C8H6BrN5O. The summed E-state index contributed by atoms with van der Waals surface area (Å²) >= 11 is 3.14. The van der Waals surface area contributed by atoms with Gasteiger partial charge in [-0.05, 0) is 22.0 Å². The summed E-state index contributed by atoms with van der Waals surface area (Å²) in [6.07, 6.45) is 3.02. The van der Waals surface area contributed by atoms with Gasteiger partial charge in [0.1, 0.15) is 5.69 Å². The Morgan fingerprint density at radius 1 is 1.40 bits per heavy atom. The van der Waals surface area contributed by atoms with Crippen molar-refractivity contribution in [2.75, 3.05) is 0 Å². The Morgan fingerprint density at radius 3 is 2.60 bits per heavy atom. The van der Waals surface area contributed by atoms with E-state index in [1.165, 1.54) is 17.1 Å². The van der Waals surface area contributed by atoms with Crippen molar-refractivity contribution in [3.63, 3.8) is 0 Å². The average Bonchev–Trinajstić information content (AvgIpc) is 2.59. The fourth-order valence-electron chi connectivity index (χ4n) is 1.09. The Morgan fingerprint density at radius 2 is 2.07 bits per heavy atom. The molecule has 0 aliphatic heterocycles. The largest absolute Gasteiger partial charge is 0.283 e. The van der Waals surface area contributed by atoms with Crippen LogP contribution >= 0.6 is 15.9 Å². The molecule has 2 aromatic heterocycles. The number of aryl methyl sites for hydroxylation is 1. The van der Waals surface area contributed by atoms with E-state index in [1.807, 2.05) is 0 Å². The van der Waals surface area contributed by atoms with E-state index in [1.54, 1.807) is 13.1 Å². The van der Waals surface area contributed by atoms with E-state index in [4.69, 9.17) is 0 Å². The Balaban J connectivity index is 2.46. The van der Waals surface area contributed by atoms with E-state index >= 15 is 0 Å². The van der Waals surface area contributed by atoms with Gasteiger partial charge in [0.15, 0.2) is 4.60 Å². The quantitative estimate of drug-likeness (QED) is 0.745. The zero-order valence-corrected chi connectivity index (χ0v) is 9.34. The molecule has 0 bridgehead atoms. The van der Waals surface area contributed by atoms with Gasteiger partial charge in [0, 0.05) is 19.4 Å². The maximum Gasteiger partial charge on any atom is 0.251 e. The lowest BCUT2D eigenvalue weighted by Crippen LogP contribution is -2.12. The normalized spacial score (nSPS) is 10.3. The van der Waals surface area contributed by atoms with Gasteiger partial charge < -0.3 is 0 Å². The van der Waals surface area contributed by atoms with Crippen molar-refractivity contribution in [1.82, 2.24) is 25.0 Å². The molecule has 0 saturated heterocycles. The van der Waals surface area contributed by atoms with Crippen LogP contribution in [0.15, 0.2) is 23.1 Å². The number of halogens is 1. The second kappa shape index (κ2) is 3.85. The molecule has 15 heavy (non-hydrogen) atoms. The number of hydrogen-bond donors (Lipinski definition) is 0. The van der Waals surface area contributed by atoms with Crippen molar-refractivity contribution >= 4 is 21.7 Å². The summed E-state index contributed by atoms with van der Waals surface area (Å²) in [4.78, 5) is 19.6. The second-order valence-corrected chi connectivity index (χ2v) is 3.51. The van der Waals surface area contributed by atoms with E-state index in [2.05, 4.69) is 36.2 Å². The Bertz CT molecular complexity index is 475. The summed E-state index contributed by atoms with van der Waals surface area (Å²) < 4.78 is 1.77. The minimum absolute atomic E-state index is 0.128. The zero-order chi connectivity index (χ0) is 10.8. The summed E-state index contributed by atoms with van der Waals surface area (Å²) in [5, 5.41) is 7.42. The van der Waals surface area contributed by atoms with E-state index in [0.29, 0.717) is 10.3 Å². The maximum absolute atomic E-state index is 11.9. The minimum atomic E-state index is -0.310. The topological polar surface area (TPSA) is 73.6 Å². The molecule has 0 saturated carbocycles. The summed E-state index contributed by atoms with van der Waals surface area (Å²) in [6.45, 7) is 0. The lowest BCUT2D eigenvalue weighted by Gasteiger charge is -1.98. The van der Waals surface area contributed by atoms with Crippen LogP contribution in [0.3, 0.4) is 0 Å². The number of ketones is 1. The molecule has 0 aliphatic rings. The first-order valence-electron chi connectivity index (χ1n) is 4.07.